The third kappa shape index (κ3) is 7.50. The molecule has 10 heteroatoms. The van der Waals surface area contributed by atoms with Crippen LogP contribution in [-0.4, -0.2) is 42.2 Å². The third-order valence-electron chi connectivity index (χ3n) is 7.64. The van der Waals surface area contributed by atoms with Crippen LogP contribution in [-0.2, 0) is 9.59 Å². The number of amides is 3. The highest BCUT2D eigenvalue weighted by Crippen LogP contribution is 2.32. The highest BCUT2D eigenvalue weighted by molar-refractivity contribution is 8.00. The maximum atomic E-state index is 13.5. The van der Waals surface area contributed by atoms with Crippen molar-refractivity contribution in [3.63, 3.8) is 0 Å². The minimum absolute atomic E-state index is 0.00442. The van der Waals surface area contributed by atoms with E-state index < -0.39 is 11.8 Å². The molecule has 0 spiro atoms. The van der Waals surface area contributed by atoms with Crippen LogP contribution in [0.3, 0.4) is 0 Å². The topological polar surface area (TPSA) is 131 Å². The predicted molar refractivity (Wildman–Crippen MR) is 189 cm³/mol. The number of hydrogen-bond acceptors (Lipinski definition) is 7. The van der Waals surface area contributed by atoms with Crippen LogP contribution in [0.2, 0.25) is 0 Å². The molecule has 1 aliphatic rings. The van der Waals surface area contributed by atoms with Gasteiger partial charge in [0.25, 0.3) is 11.8 Å². The maximum absolute atomic E-state index is 13.5. The molecule has 0 aliphatic heterocycles. The molecule has 0 saturated carbocycles. The van der Waals surface area contributed by atoms with Crippen LogP contribution in [0, 0.1) is 0 Å². The number of thioether (sulfide) groups is 1. The molecule has 1 aliphatic carbocycles. The van der Waals surface area contributed by atoms with Crippen molar-refractivity contribution in [1.82, 2.24) is 5.32 Å². The zero-order chi connectivity index (χ0) is 34.3. The zero-order valence-electron chi connectivity index (χ0n) is 26.2. The number of benzene rings is 5. The minimum atomic E-state index is -0.547. The van der Waals surface area contributed by atoms with Crippen molar-refractivity contribution < 1.29 is 28.7 Å². The van der Waals surface area contributed by atoms with E-state index in [1.165, 1.54) is 11.8 Å². The fourth-order valence-electron chi connectivity index (χ4n) is 5.26. The number of carbonyl (C=O) groups is 5. The Bertz CT molecular complexity index is 2130. The summed E-state index contributed by atoms with van der Waals surface area (Å²) in [4.78, 5) is 66.5. The molecule has 5 aromatic rings. The van der Waals surface area contributed by atoms with E-state index in [2.05, 4.69) is 16.0 Å². The Hall–Kier alpha value is -6.26. The largest absolute Gasteiger partial charge is 0.497 e. The zero-order valence-corrected chi connectivity index (χ0v) is 27.0. The van der Waals surface area contributed by atoms with Crippen LogP contribution in [0.15, 0.2) is 132 Å². The molecule has 0 radical (unpaired) electrons. The Morgan fingerprint density at radius 1 is 0.714 bits per heavy atom. The van der Waals surface area contributed by atoms with Crippen LogP contribution in [0.5, 0.6) is 5.75 Å². The highest BCUT2D eigenvalue weighted by atomic mass is 32.2. The van der Waals surface area contributed by atoms with Crippen LogP contribution < -0.4 is 20.7 Å². The summed E-state index contributed by atoms with van der Waals surface area (Å²) in [5, 5.41) is 8.34. The Morgan fingerprint density at radius 3 is 2.12 bits per heavy atom. The summed E-state index contributed by atoms with van der Waals surface area (Å²) in [5.41, 5.74) is 2.87. The predicted octanol–water partition coefficient (Wildman–Crippen LogP) is 6.61. The first kappa shape index (κ1) is 32.7. The molecule has 242 valence electrons. The van der Waals surface area contributed by atoms with Gasteiger partial charge in [0.15, 0.2) is 11.6 Å². The van der Waals surface area contributed by atoms with E-state index in [1.54, 1.807) is 135 Å². The second kappa shape index (κ2) is 14.7. The van der Waals surface area contributed by atoms with Gasteiger partial charge in [-0.1, -0.05) is 72.8 Å². The molecule has 3 N–H and O–H groups in total. The van der Waals surface area contributed by atoms with Gasteiger partial charge in [-0.25, -0.2) is 0 Å². The standard InChI is InChI=1S/C39H29N3O6S/c1-48-27-19-17-24(18-20-27)21-33(42-38(46)25-9-3-2-4-10-25)39(47)40-26-11-7-12-28(22-26)49-23-34(43)41-32-16-8-15-31-35(32)37(45)30-14-6-5-13-29(30)36(31)44/h2-22H,23H2,1H3,(H,40,47)(H,41,43)(H,42,46)/b33-21+. The normalized spacial score (nSPS) is 12.0. The third-order valence-corrected chi connectivity index (χ3v) is 8.64. The van der Waals surface area contributed by atoms with Crippen LogP contribution >= 0.6 is 11.8 Å². The van der Waals surface area contributed by atoms with Gasteiger partial charge in [-0.2, -0.15) is 0 Å². The second-order valence-corrected chi connectivity index (χ2v) is 12.0. The number of nitrogens with one attached hydrogen (secondary N) is 3. The Balaban J connectivity index is 1.14. The minimum Gasteiger partial charge on any atom is -0.497 e. The van der Waals surface area contributed by atoms with E-state index in [-0.39, 0.29) is 45.7 Å². The summed E-state index contributed by atoms with van der Waals surface area (Å²) < 4.78 is 5.22. The molecule has 0 saturated heterocycles. The molecular formula is C39H29N3O6S. The number of rotatable bonds is 10. The first-order valence-corrected chi connectivity index (χ1v) is 16.2. The molecule has 0 bridgehead atoms. The van der Waals surface area contributed by atoms with E-state index >= 15 is 0 Å². The summed E-state index contributed by atoms with van der Waals surface area (Å²) in [6.07, 6.45) is 1.57. The lowest BCUT2D eigenvalue weighted by atomic mass is 9.83. The molecule has 3 amide bonds. The van der Waals surface area contributed by atoms with Crippen molar-refractivity contribution in [2.24, 2.45) is 0 Å². The summed E-state index contributed by atoms with van der Waals surface area (Å²) >= 11 is 1.23. The summed E-state index contributed by atoms with van der Waals surface area (Å²) in [6, 6.07) is 34.0. The maximum Gasteiger partial charge on any atom is 0.272 e. The summed E-state index contributed by atoms with van der Waals surface area (Å²) in [7, 11) is 1.56. The average Bonchev–Trinajstić information content (AvgIpc) is 3.13. The van der Waals surface area contributed by atoms with Gasteiger partial charge in [-0.3, -0.25) is 24.0 Å². The molecule has 0 unspecified atom stereocenters. The molecule has 0 aromatic heterocycles. The lowest BCUT2D eigenvalue weighted by Gasteiger charge is -2.20. The second-order valence-electron chi connectivity index (χ2n) is 10.9. The molecule has 5 aromatic carbocycles. The van der Waals surface area contributed by atoms with E-state index in [1.807, 2.05) is 0 Å². The number of hydrogen-bond donors (Lipinski definition) is 3. The first-order chi connectivity index (χ1) is 23.8. The van der Waals surface area contributed by atoms with Crippen molar-refractivity contribution in [2.75, 3.05) is 23.5 Å². The van der Waals surface area contributed by atoms with Crippen LogP contribution in [0.25, 0.3) is 6.08 Å². The fraction of sp³-hybridized carbons (Fsp3) is 0.0513. The van der Waals surface area contributed by atoms with Gasteiger partial charge < -0.3 is 20.7 Å². The Labute approximate surface area is 286 Å². The SMILES string of the molecule is COc1ccc(/C=C(/NC(=O)c2ccccc2)C(=O)Nc2cccc(SCC(=O)Nc3cccc4c3C(=O)c3ccccc3C4=O)c2)cc1. The van der Waals surface area contributed by atoms with Crippen LogP contribution in [0.4, 0.5) is 11.4 Å². The number of anilines is 2. The molecule has 49 heavy (non-hydrogen) atoms. The molecule has 0 heterocycles. The molecule has 0 atom stereocenters. The van der Waals surface area contributed by atoms with Gasteiger partial charge in [0.1, 0.15) is 11.4 Å². The molecular weight excluding hydrogens is 639 g/mol. The lowest BCUT2D eigenvalue weighted by molar-refractivity contribution is -0.114. The summed E-state index contributed by atoms with van der Waals surface area (Å²) in [6.45, 7) is 0. The first-order valence-electron chi connectivity index (χ1n) is 15.2. The van der Waals surface area contributed by atoms with E-state index in [9.17, 15) is 24.0 Å². The van der Waals surface area contributed by atoms with Gasteiger partial charge in [0.05, 0.1) is 24.1 Å². The smallest absolute Gasteiger partial charge is 0.272 e. The van der Waals surface area contributed by atoms with Gasteiger partial charge in [-0.05, 0) is 60.2 Å². The number of ketones is 2. The van der Waals surface area contributed by atoms with E-state index in [0.717, 1.165) is 0 Å². The van der Waals surface area contributed by atoms with Gasteiger partial charge in [0.2, 0.25) is 5.91 Å². The number of ether oxygens (including phenoxy) is 1. The molecule has 0 fully saturated rings. The summed E-state index contributed by atoms with van der Waals surface area (Å²) in [5.74, 6) is -1.31. The van der Waals surface area contributed by atoms with E-state index in [4.69, 9.17) is 4.74 Å². The van der Waals surface area contributed by atoms with E-state index in [0.29, 0.717) is 38.6 Å². The lowest BCUT2D eigenvalue weighted by Crippen LogP contribution is -2.30. The number of methoxy groups -OCH3 is 1. The highest BCUT2D eigenvalue weighted by Gasteiger charge is 2.31. The molecule has 9 nitrogen and oxygen atoms in total. The molecule has 6 rings (SSSR count). The van der Waals surface area contributed by atoms with Crippen molar-refractivity contribution in [3.05, 3.63) is 160 Å². The quantitative estimate of drug-likeness (QED) is 0.111. The van der Waals surface area contributed by atoms with Crippen LogP contribution in [0.1, 0.15) is 47.8 Å². The van der Waals surface area contributed by atoms with Gasteiger partial charge in [-0.15, -0.1) is 11.8 Å². The fourth-order valence-corrected chi connectivity index (χ4v) is 6.01. The average molecular weight is 668 g/mol. The number of fused-ring (bicyclic) bond motifs is 2. The van der Waals surface area contributed by atoms with Gasteiger partial charge >= 0.3 is 0 Å². The Kier molecular flexibility index (Phi) is 9.78. The Morgan fingerprint density at radius 2 is 1.39 bits per heavy atom. The number of carbonyl (C=O) groups excluding carboxylic acids is 5. The van der Waals surface area contributed by atoms with Crippen molar-refractivity contribution in [1.29, 1.82) is 0 Å². The monoisotopic (exact) mass is 667 g/mol. The van der Waals surface area contributed by atoms with Crippen molar-refractivity contribution in [3.8, 4) is 5.75 Å². The van der Waals surface area contributed by atoms with Crippen molar-refractivity contribution >= 4 is 58.5 Å². The van der Waals surface area contributed by atoms with Crippen molar-refractivity contribution in [2.45, 2.75) is 4.90 Å². The van der Waals surface area contributed by atoms with Gasteiger partial charge in [0, 0.05) is 32.8 Å².